The van der Waals surface area contributed by atoms with Gasteiger partial charge in [-0.25, -0.2) is 4.98 Å². The topological polar surface area (TPSA) is 54.9 Å². The molecule has 0 radical (unpaired) electrons. The molecule has 144 valence electrons. The standard InChI is InChI=1S/C21H28N4OS/c1-5-17-22-21-25(23-17)20(26)19(27-21)18(16-8-6-13(2)7-9-16)24-11-14(3)10-15(4)12-24/h6-9,14-15,18,26H,5,10-12H2,1-4H3/p+1/t14-,15+,18-/m1/s1. The van der Waals surface area contributed by atoms with E-state index in [0.717, 1.165) is 35.2 Å². The van der Waals surface area contributed by atoms with Crippen LogP contribution in [-0.4, -0.2) is 32.8 Å². The maximum Gasteiger partial charge on any atom is 0.235 e. The zero-order valence-corrected chi connectivity index (χ0v) is 17.4. The van der Waals surface area contributed by atoms with Crippen molar-refractivity contribution in [2.45, 2.75) is 46.6 Å². The Kier molecular flexibility index (Phi) is 4.95. The molecule has 0 saturated carbocycles. The lowest BCUT2D eigenvalue weighted by atomic mass is 9.89. The van der Waals surface area contributed by atoms with Crippen molar-refractivity contribution in [2.24, 2.45) is 11.8 Å². The smallest absolute Gasteiger partial charge is 0.235 e. The molecule has 1 fully saturated rings. The molecule has 27 heavy (non-hydrogen) atoms. The highest BCUT2D eigenvalue weighted by atomic mass is 32.1. The minimum absolute atomic E-state index is 0.120. The van der Waals surface area contributed by atoms with E-state index in [9.17, 15) is 5.11 Å². The van der Waals surface area contributed by atoms with Crippen molar-refractivity contribution in [3.05, 3.63) is 46.1 Å². The molecular weight excluding hydrogens is 356 g/mol. The second kappa shape index (κ2) is 7.24. The van der Waals surface area contributed by atoms with Gasteiger partial charge in [-0.15, -0.1) is 5.10 Å². The van der Waals surface area contributed by atoms with E-state index in [2.05, 4.69) is 55.1 Å². The number of aryl methyl sites for hydroxylation is 2. The lowest BCUT2D eigenvalue weighted by Crippen LogP contribution is -3.14. The van der Waals surface area contributed by atoms with Crippen LogP contribution in [0.4, 0.5) is 0 Å². The van der Waals surface area contributed by atoms with Gasteiger partial charge in [0.1, 0.15) is 4.88 Å². The van der Waals surface area contributed by atoms with Gasteiger partial charge in [-0.1, -0.05) is 61.9 Å². The van der Waals surface area contributed by atoms with Crippen LogP contribution in [-0.2, 0) is 6.42 Å². The molecule has 0 amide bonds. The van der Waals surface area contributed by atoms with Gasteiger partial charge in [-0.3, -0.25) is 0 Å². The van der Waals surface area contributed by atoms with E-state index in [1.54, 1.807) is 15.9 Å². The number of benzene rings is 1. The lowest BCUT2D eigenvalue weighted by molar-refractivity contribution is -0.936. The molecular formula is C21H29N4OS+. The van der Waals surface area contributed by atoms with Gasteiger partial charge in [0.15, 0.2) is 11.9 Å². The van der Waals surface area contributed by atoms with Crippen molar-refractivity contribution in [1.82, 2.24) is 14.6 Å². The second-order valence-corrected chi connectivity index (χ2v) is 9.23. The van der Waals surface area contributed by atoms with Crippen LogP contribution in [0.2, 0.25) is 0 Å². The van der Waals surface area contributed by atoms with Gasteiger partial charge in [-0.05, 0) is 13.3 Å². The predicted octanol–water partition coefficient (Wildman–Crippen LogP) is 3.02. The minimum Gasteiger partial charge on any atom is -0.492 e. The number of aromatic hydroxyl groups is 1. The van der Waals surface area contributed by atoms with E-state index in [-0.39, 0.29) is 11.9 Å². The fourth-order valence-electron chi connectivity index (χ4n) is 4.53. The maximum atomic E-state index is 11.0. The summed E-state index contributed by atoms with van der Waals surface area (Å²) < 4.78 is 1.62. The van der Waals surface area contributed by atoms with Gasteiger partial charge in [0.25, 0.3) is 0 Å². The summed E-state index contributed by atoms with van der Waals surface area (Å²) in [6.45, 7) is 11.1. The first-order valence-corrected chi connectivity index (χ1v) is 10.8. The van der Waals surface area contributed by atoms with Crippen molar-refractivity contribution in [3.63, 3.8) is 0 Å². The highest BCUT2D eigenvalue weighted by Gasteiger charge is 2.37. The fraction of sp³-hybridized carbons (Fsp3) is 0.524. The van der Waals surface area contributed by atoms with Crippen LogP contribution in [0.1, 0.15) is 55.1 Å². The first-order valence-electron chi connectivity index (χ1n) is 9.94. The summed E-state index contributed by atoms with van der Waals surface area (Å²) in [4.78, 5) is 7.87. The molecule has 4 rings (SSSR count). The van der Waals surface area contributed by atoms with E-state index < -0.39 is 0 Å². The van der Waals surface area contributed by atoms with Crippen LogP contribution < -0.4 is 4.90 Å². The highest BCUT2D eigenvalue weighted by Crippen LogP contribution is 2.35. The van der Waals surface area contributed by atoms with Crippen LogP contribution in [0.15, 0.2) is 24.3 Å². The molecule has 1 aromatic carbocycles. The highest BCUT2D eigenvalue weighted by molar-refractivity contribution is 7.17. The first-order chi connectivity index (χ1) is 13.0. The van der Waals surface area contributed by atoms with E-state index in [0.29, 0.717) is 11.8 Å². The third kappa shape index (κ3) is 3.48. The number of nitrogens with zero attached hydrogens (tertiary/aromatic N) is 3. The molecule has 1 aliphatic rings. The Balaban J connectivity index is 1.81. The lowest BCUT2D eigenvalue weighted by Gasteiger charge is -2.37. The number of hydrogen-bond donors (Lipinski definition) is 2. The first kappa shape index (κ1) is 18.4. The molecule has 6 heteroatoms. The van der Waals surface area contributed by atoms with Gasteiger partial charge < -0.3 is 10.0 Å². The van der Waals surface area contributed by atoms with Crippen molar-refractivity contribution in [1.29, 1.82) is 0 Å². The van der Waals surface area contributed by atoms with Crippen molar-refractivity contribution in [3.8, 4) is 5.88 Å². The molecule has 0 aliphatic carbocycles. The number of likely N-dealkylation sites (tertiary alicyclic amines) is 1. The second-order valence-electron chi connectivity index (χ2n) is 8.22. The van der Waals surface area contributed by atoms with E-state index >= 15 is 0 Å². The summed E-state index contributed by atoms with van der Waals surface area (Å²) in [5, 5.41) is 15.5. The molecule has 2 aromatic heterocycles. The summed E-state index contributed by atoms with van der Waals surface area (Å²) >= 11 is 1.58. The fourth-order valence-corrected chi connectivity index (χ4v) is 5.69. The molecule has 2 N–H and O–H groups in total. The number of rotatable bonds is 4. The number of hydrogen-bond acceptors (Lipinski definition) is 4. The van der Waals surface area contributed by atoms with E-state index in [1.165, 1.54) is 22.4 Å². The van der Waals surface area contributed by atoms with E-state index in [4.69, 9.17) is 0 Å². The van der Waals surface area contributed by atoms with E-state index in [1.807, 2.05) is 6.92 Å². The van der Waals surface area contributed by atoms with Gasteiger partial charge >= 0.3 is 0 Å². The van der Waals surface area contributed by atoms with Gasteiger partial charge in [-0.2, -0.15) is 4.52 Å². The Bertz CT molecular complexity index is 920. The maximum absolute atomic E-state index is 11.0. The van der Waals surface area contributed by atoms with Crippen molar-refractivity contribution in [2.75, 3.05) is 13.1 Å². The molecule has 0 spiro atoms. The normalized spacial score (nSPS) is 24.4. The molecule has 3 heterocycles. The number of nitrogens with one attached hydrogen (secondary N) is 1. The van der Waals surface area contributed by atoms with Crippen LogP contribution in [0.3, 0.4) is 0 Å². The molecule has 1 saturated heterocycles. The van der Waals surface area contributed by atoms with Gasteiger partial charge in [0, 0.05) is 23.8 Å². The Hall–Kier alpha value is -1.92. The molecule has 5 nitrogen and oxygen atoms in total. The average Bonchev–Trinajstić information content (AvgIpc) is 3.16. The number of thiazole rings is 1. The Labute approximate surface area is 164 Å². The summed E-state index contributed by atoms with van der Waals surface area (Å²) in [6, 6.07) is 8.88. The van der Waals surface area contributed by atoms with Gasteiger partial charge in [0.05, 0.1) is 13.1 Å². The number of fused-ring (bicyclic) bond motifs is 1. The van der Waals surface area contributed by atoms with Crippen molar-refractivity contribution < 1.29 is 10.0 Å². The summed E-state index contributed by atoms with van der Waals surface area (Å²) in [6.07, 6.45) is 2.06. The zero-order valence-electron chi connectivity index (χ0n) is 16.6. The van der Waals surface area contributed by atoms with Crippen LogP contribution in [0, 0.1) is 18.8 Å². The average molecular weight is 386 g/mol. The number of quaternary nitrogens is 1. The molecule has 1 unspecified atom stereocenters. The Morgan fingerprint density at radius 1 is 1.22 bits per heavy atom. The quantitative estimate of drug-likeness (QED) is 0.726. The Morgan fingerprint density at radius 2 is 1.89 bits per heavy atom. The minimum atomic E-state index is 0.120. The SMILES string of the molecule is CCc1nc2sc([C@@H](c3ccc(C)cc3)[NH+]3C[C@H](C)C[C@H](C)C3)c(O)n2n1. The third-order valence-electron chi connectivity index (χ3n) is 5.67. The Morgan fingerprint density at radius 3 is 2.48 bits per heavy atom. The zero-order chi connectivity index (χ0) is 19.1. The van der Waals surface area contributed by atoms with Crippen LogP contribution >= 0.6 is 11.3 Å². The third-order valence-corrected chi connectivity index (χ3v) is 6.75. The van der Waals surface area contributed by atoms with Crippen molar-refractivity contribution >= 4 is 16.3 Å². The molecule has 1 aliphatic heterocycles. The largest absolute Gasteiger partial charge is 0.492 e. The van der Waals surface area contributed by atoms with Crippen LogP contribution in [0.5, 0.6) is 5.88 Å². The number of aromatic nitrogens is 3. The molecule has 3 aromatic rings. The summed E-state index contributed by atoms with van der Waals surface area (Å²) in [7, 11) is 0. The molecule has 0 bridgehead atoms. The summed E-state index contributed by atoms with van der Waals surface area (Å²) in [5.41, 5.74) is 2.51. The monoisotopic (exact) mass is 385 g/mol. The predicted molar refractivity (Wildman–Crippen MR) is 109 cm³/mol. The van der Waals surface area contributed by atoms with Gasteiger partial charge in [0.2, 0.25) is 10.8 Å². The van der Waals surface area contributed by atoms with Crippen LogP contribution in [0.25, 0.3) is 4.96 Å². The molecule has 4 atom stereocenters. The summed E-state index contributed by atoms with van der Waals surface area (Å²) in [5.74, 6) is 2.41. The number of piperidine rings is 1.